The molecule has 0 bridgehead atoms. The maximum atomic E-state index is 13.4. The average Bonchev–Trinajstić information content (AvgIpc) is 2.70. The molecule has 8 heteroatoms. The Balaban J connectivity index is 1.29. The van der Waals surface area contributed by atoms with Gasteiger partial charge in [-0.1, -0.05) is 0 Å². The van der Waals surface area contributed by atoms with Crippen LogP contribution in [0.1, 0.15) is 18.4 Å². The molecule has 0 amide bonds. The van der Waals surface area contributed by atoms with Crippen molar-refractivity contribution in [2.75, 3.05) is 49.6 Å². The van der Waals surface area contributed by atoms with Gasteiger partial charge in [0.1, 0.15) is 17.5 Å². The molecule has 2 fully saturated rings. The Labute approximate surface area is 163 Å². The summed E-state index contributed by atoms with van der Waals surface area (Å²) in [7, 11) is 0. The number of hydrogen-bond acceptors (Lipinski definition) is 6. The molecule has 6 nitrogen and oxygen atoms in total. The molecule has 1 aromatic carbocycles. The van der Waals surface area contributed by atoms with E-state index in [1.54, 1.807) is 6.20 Å². The van der Waals surface area contributed by atoms with E-state index < -0.39 is 11.6 Å². The van der Waals surface area contributed by atoms with Crippen LogP contribution in [-0.2, 0) is 11.3 Å². The van der Waals surface area contributed by atoms with Gasteiger partial charge in [-0.15, -0.1) is 0 Å². The third-order valence-corrected chi connectivity index (χ3v) is 5.20. The number of benzene rings is 1. The lowest BCUT2D eigenvalue weighted by Crippen LogP contribution is -2.39. The fourth-order valence-corrected chi connectivity index (χ4v) is 3.75. The number of nitrogens with zero attached hydrogens (tertiary/aromatic N) is 4. The van der Waals surface area contributed by atoms with Crippen molar-refractivity contribution < 1.29 is 13.5 Å². The zero-order valence-corrected chi connectivity index (χ0v) is 15.8. The topological polar surface area (TPSA) is 53.5 Å². The van der Waals surface area contributed by atoms with E-state index in [1.165, 1.54) is 12.1 Å². The standard InChI is InChI=1S/C20H25F2N5O/c21-16-11-15(12-17(22)13-16)14-26-5-2-18(3-6-26)24-19-1-4-23-20(25-19)27-7-9-28-10-8-27/h1,4,11-13,18H,2-3,5-10,14H2,(H,23,24,25). The Hall–Kier alpha value is -2.32. The highest BCUT2D eigenvalue weighted by molar-refractivity contribution is 5.42. The fraction of sp³-hybridized carbons (Fsp3) is 0.500. The van der Waals surface area contributed by atoms with Gasteiger partial charge < -0.3 is 15.0 Å². The number of morpholine rings is 1. The predicted molar refractivity (Wildman–Crippen MR) is 103 cm³/mol. The molecule has 0 spiro atoms. The monoisotopic (exact) mass is 389 g/mol. The van der Waals surface area contributed by atoms with Crippen LogP contribution in [0.5, 0.6) is 0 Å². The average molecular weight is 389 g/mol. The molecule has 2 aromatic rings. The molecular weight excluding hydrogens is 364 g/mol. The largest absolute Gasteiger partial charge is 0.378 e. The summed E-state index contributed by atoms with van der Waals surface area (Å²) in [6.45, 7) is 5.33. The molecule has 0 saturated carbocycles. The molecular formula is C20H25F2N5O. The number of anilines is 2. The van der Waals surface area contributed by atoms with Crippen LogP contribution in [0.2, 0.25) is 0 Å². The molecule has 150 valence electrons. The van der Waals surface area contributed by atoms with Gasteiger partial charge in [-0.2, -0.15) is 4.98 Å². The van der Waals surface area contributed by atoms with Crippen LogP contribution in [0.25, 0.3) is 0 Å². The van der Waals surface area contributed by atoms with Gasteiger partial charge in [0.25, 0.3) is 0 Å². The predicted octanol–water partition coefficient (Wildman–Crippen LogP) is 2.67. The second kappa shape index (κ2) is 8.79. The highest BCUT2D eigenvalue weighted by Crippen LogP contribution is 2.19. The zero-order chi connectivity index (χ0) is 19.3. The molecule has 2 aliphatic heterocycles. The molecule has 0 atom stereocenters. The summed E-state index contributed by atoms with van der Waals surface area (Å²) in [6, 6.07) is 5.94. The first-order valence-electron chi connectivity index (χ1n) is 9.75. The number of aromatic nitrogens is 2. The zero-order valence-electron chi connectivity index (χ0n) is 15.8. The van der Waals surface area contributed by atoms with Crippen molar-refractivity contribution in [2.45, 2.75) is 25.4 Å². The number of piperidine rings is 1. The van der Waals surface area contributed by atoms with Crippen LogP contribution in [-0.4, -0.2) is 60.3 Å². The fourth-order valence-electron chi connectivity index (χ4n) is 3.75. The minimum Gasteiger partial charge on any atom is -0.378 e. The molecule has 0 aliphatic carbocycles. The van der Waals surface area contributed by atoms with Crippen LogP contribution in [0.4, 0.5) is 20.5 Å². The van der Waals surface area contributed by atoms with Crippen molar-refractivity contribution >= 4 is 11.8 Å². The van der Waals surface area contributed by atoms with E-state index in [0.717, 1.165) is 56.9 Å². The van der Waals surface area contributed by atoms with E-state index in [2.05, 4.69) is 25.1 Å². The number of rotatable bonds is 5. The molecule has 1 N–H and O–H groups in total. The van der Waals surface area contributed by atoms with Gasteiger partial charge in [-0.25, -0.2) is 13.8 Å². The Morgan fingerprint density at radius 1 is 1.04 bits per heavy atom. The van der Waals surface area contributed by atoms with Crippen molar-refractivity contribution in [1.29, 1.82) is 0 Å². The molecule has 2 aliphatic rings. The third kappa shape index (κ3) is 4.94. The number of likely N-dealkylation sites (tertiary alicyclic amines) is 1. The van der Waals surface area contributed by atoms with Gasteiger partial charge in [0.05, 0.1) is 13.2 Å². The second-order valence-electron chi connectivity index (χ2n) is 7.31. The van der Waals surface area contributed by atoms with Crippen LogP contribution < -0.4 is 10.2 Å². The second-order valence-corrected chi connectivity index (χ2v) is 7.31. The lowest BCUT2D eigenvalue weighted by atomic mass is 10.0. The Morgan fingerprint density at radius 3 is 2.46 bits per heavy atom. The minimum absolute atomic E-state index is 0.327. The SMILES string of the molecule is Fc1cc(F)cc(CN2CCC(Nc3ccnc(N4CCOCC4)n3)CC2)c1. The highest BCUT2D eigenvalue weighted by Gasteiger charge is 2.21. The van der Waals surface area contributed by atoms with E-state index in [9.17, 15) is 8.78 Å². The molecule has 1 aromatic heterocycles. The van der Waals surface area contributed by atoms with E-state index in [0.29, 0.717) is 31.4 Å². The van der Waals surface area contributed by atoms with Gasteiger partial charge in [-0.05, 0) is 36.6 Å². The number of halogens is 2. The van der Waals surface area contributed by atoms with Crippen molar-refractivity contribution in [1.82, 2.24) is 14.9 Å². The molecule has 28 heavy (non-hydrogen) atoms. The maximum absolute atomic E-state index is 13.4. The molecule has 2 saturated heterocycles. The van der Waals surface area contributed by atoms with Crippen LogP contribution >= 0.6 is 0 Å². The normalized spacial score (nSPS) is 19.0. The summed E-state index contributed by atoms with van der Waals surface area (Å²) in [5.74, 6) is 0.527. The van der Waals surface area contributed by atoms with E-state index >= 15 is 0 Å². The Kier molecular flexibility index (Phi) is 5.97. The van der Waals surface area contributed by atoms with Gasteiger partial charge in [0, 0.05) is 51.0 Å². The number of hydrogen-bond donors (Lipinski definition) is 1. The highest BCUT2D eigenvalue weighted by atomic mass is 19.1. The van der Waals surface area contributed by atoms with Crippen molar-refractivity contribution in [2.24, 2.45) is 0 Å². The molecule has 3 heterocycles. The lowest BCUT2D eigenvalue weighted by molar-refractivity contribution is 0.122. The summed E-state index contributed by atoms with van der Waals surface area (Å²) >= 11 is 0. The van der Waals surface area contributed by atoms with Crippen molar-refractivity contribution in [3.05, 3.63) is 47.7 Å². The van der Waals surface area contributed by atoms with Gasteiger partial charge >= 0.3 is 0 Å². The quantitative estimate of drug-likeness (QED) is 0.849. The first-order valence-corrected chi connectivity index (χ1v) is 9.75. The summed E-state index contributed by atoms with van der Waals surface area (Å²) in [5, 5.41) is 3.51. The molecule has 4 rings (SSSR count). The minimum atomic E-state index is -0.522. The van der Waals surface area contributed by atoms with Crippen LogP contribution in [0, 0.1) is 11.6 Å². The van der Waals surface area contributed by atoms with Crippen molar-refractivity contribution in [3.8, 4) is 0 Å². The Morgan fingerprint density at radius 2 is 1.75 bits per heavy atom. The van der Waals surface area contributed by atoms with Gasteiger partial charge in [0.15, 0.2) is 0 Å². The van der Waals surface area contributed by atoms with Crippen molar-refractivity contribution in [3.63, 3.8) is 0 Å². The first kappa shape index (κ1) is 19.0. The Bertz CT molecular complexity index is 772. The van der Waals surface area contributed by atoms with Gasteiger partial charge in [-0.3, -0.25) is 4.90 Å². The van der Waals surface area contributed by atoms with Crippen LogP contribution in [0.3, 0.4) is 0 Å². The number of nitrogens with one attached hydrogen (secondary N) is 1. The molecule has 0 radical (unpaired) electrons. The van der Waals surface area contributed by atoms with E-state index in [-0.39, 0.29) is 0 Å². The summed E-state index contributed by atoms with van der Waals surface area (Å²) in [6.07, 6.45) is 3.69. The van der Waals surface area contributed by atoms with E-state index in [4.69, 9.17) is 4.74 Å². The van der Waals surface area contributed by atoms with Gasteiger partial charge in [0.2, 0.25) is 5.95 Å². The van der Waals surface area contributed by atoms with Crippen LogP contribution in [0.15, 0.2) is 30.5 Å². The summed E-state index contributed by atoms with van der Waals surface area (Å²) < 4.78 is 32.1. The maximum Gasteiger partial charge on any atom is 0.227 e. The third-order valence-electron chi connectivity index (χ3n) is 5.20. The smallest absolute Gasteiger partial charge is 0.227 e. The lowest BCUT2D eigenvalue weighted by Gasteiger charge is -2.33. The summed E-state index contributed by atoms with van der Waals surface area (Å²) in [5.41, 5.74) is 0.676. The molecule has 0 unspecified atom stereocenters. The number of ether oxygens (including phenoxy) is 1. The summed E-state index contributed by atoms with van der Waals surface area (Å²) in [4.78, 5) is 13.4. The first-order chi connectivity index (χ1) is 13.7. The van der Waals surface area contributed by atoms with E-state index in [1.807, 2.05) is 6.07 Å².